The van der Waals surface area contributed by atoms with Gasteiger partial charge >= 0.3 is 5.63 Å². The van der Waals surface area contributed by atoms with E-state index in [-0.39, 0.29) is 0 Å². The van der Waals surface area contributed by atoms with Gasteiger partial charge in [0.15, 0.2) is 11.4 Å². The molecule has 0 bridgehead atoms. The Balaban J connectivity index is 1.56. The van der Waals surface area contributed by atoms with E-state index >= 15 is 0 Å². The Kier molecular flexibility index (Phi) is 3.76. The number of ether oxygens (including phenoxy) is 1. The average Bonchev–Trinajstić information content (AvgIpc) is 3.54. The molecule has 0 radical (unpaired) electrons. The maximum atomic E-state index is 13.2. The monoisotopic (exact) mass is 451 g/mol. The molecule has 33 heavy (non-hydrogen) atoms. The van der Waals surface area contributed by atoms with Crippen molar-refractivity contribution in [3.8, 4) is 23.1 Å². The van der Waals surface area contributed by atoms with Crippen LogP contribution in [0.4, 0.5) is 0 Å². The molecule has 6 aromatic rings. The Bertz CT molecular complexity index is 1720. The second-order valence-corrected chi connectivity index (χ2v) is 8.38. The summed E-state index contributed by atoms with van der Waals surface area (Å²) in [6, 6.07) is 14.9. The summed E-state index contributed by atoms with van der Waals surface area (Å²) >= 11 is 1.55. The number of benzene rings is 1. The third kappa shape index (κ3) is 2.66. The zero-order valence-electron chi connectivity index (χ0n) is 16.9. The molecule has 158 valence electrons. The van der Waals surface area contributed by atoms with Gasteiger partial charge in [-0.05, 0) is 46.7 Å². The van der Waals surface area contributed by atoms with E-state index in [1.165, 1.54) is 0 Å². The summed E-state index contributed by atoms with van der Waals surface area (Å²) in [5.74, 6) is 0.854. The van der Waals surface area contributed by atoms with Crippen LogP contribution in [-0.2, 0) is 0 Å². The molecule has 0 saturated carbocycles. The third-order valence-corrected chi connectivity index (χ3v) is 6.43. The molecular formula is C24H13N5O3S. The highest BCUT2D eigenvalue weighted by Gasteiger charge is 2.37. The Morgan fingerprint density at radius 2 is 1.91 bits per heavy atom. The van der Waals surface area contributed by atoms with Crippen molar-refractivity contribution in [2.45, 2.75) is 5.92 Å². The lowest BCUT2D eigenvalue weighted by molar-refractivity contribution is 0.422. The van der Waals surface area contributed by atoms with E-state index in [9.17, 15) is 4.79 Å². The molecule has 1 aromatic carbocycles. The molecule has 7 rings (SSSR count). The third-order valence-electron chi connectivity index (χ3n) is 5.73. The predicted molar refractivity (Wildman–Crippen MR) is 122 cm³/mol. The summed E-state index contributed by atoms with van der Waals surface area (Å²) in [6.07, 6.45) is 3.26. The van der Waals surface area contributed by atoms with E-state index in [0.717, 1.165) is 10.9 Å². The Hall–Kier alpha value is -4.37. The van der Waals surface area contributed by atoms with Crippen LogP contribution in [0.5, 0.6) is 11.6 Å². The van der Waals surface area contributed by atoms with Crippen LogP contribution in [-0.4, -0.2) is 24.6 Å². The van der Waals surface area contributed by atoms with Crippen molar-refractivity contribution in [3.05, 3.63) is 98.9 Å². The number of pyridine rings is 1. The predicted octanol–water partition coefficient (Wildman–Crippen LogP) is 4.64. The first kappa shape index (κ1) is 18.2. The molecular weight excluding hydrogens is 438 g/mol. The van der Waals surface area contributed by atoms with Gasteiger partial charge in [-0.1, -0.05) is 18.2 Å². The quantitative estimate of drug-likeness (QED) is 0.353. The summed E-state index contributed by atoms with van der Waals surface area (Å²) in [5, 5.41) is 9.27. The lowest BCUT2D eigenvalue weighted by Crippen LogP contribution is -2.22. The van der Waals surface area contributed by atoms with Gasteiger partial charge < -0.3 is 9.15 Å². The molecule has 9 heteroatoms. The second-order valence-electron chi connectivity index (χ2n) is 7.60. The van der Waals surface area contributed by atoms with Crippen molar-refractivity contribution < 1.29 is 9.15 Å². The number of hydrogen-bond acceptors (Lipinski definition) is 8. The van der Waals surface area contributed by atoms with Crippen molar-refractivity contribution in [3.63, 3.8) is 0 Å². The van der Waals surface area contributed by atoms with E-state index in [1.807, 2.05) is 53.2 Å². The summed E-state index contributed by atoms with van der Waals surface area (Å²) < 4.78 is 13.5. The van der Waals surface area contributed by atoms with Gasteiger partial charge in [0.25, 0.3) is 0 Å². The van der Waals surface area contributed by atoms with E-state index in [2.05, 4.69) is 15.1 Å². The lowest BCUT2D eigenvalue weighted by atomic mass is 9.85. The van der Waals surface area contributed by atoms with Gasteiger partial charge in [-0.15, -0.1) is 5.10 Å². The Labute approximate surface area is 189 Å². The average molecular weight is 451 g/mol. The molecule has 0 amide bonds. The van der Waals surface area contributed by atoms with E-state index in [1.54, 1.807) is 34.4 Å². The molecule has 0 saturated heterocycles. The van der Waals surface area contributed by atoms with E-state index < -0.39 is 11.5 Å². The fourth-order valence-corrected chi connectivity index (χ4v) is 4.99. The minimum Gasteiger partial charge on any atom is -0.437 e. The van der Waals surface area contributed by atoms with Crippen molar-refractivity contribution in [2.24, 2.45) is 0 Å². The van der Waals surface area contributed by atoms with Crippen molar-refractivity contribution in [2.75, 3.05) is 0 Å². The molecule has 1 aliphatic rings. The van der Waals surface area contributed by atoms with Crippen LogP contribution >= 0.6 is 11.3 Å². The zero-order valence-corrected chi connectivity index (χ0v) is 17.7. The normalized spacial score (nSPS) is 14.7. The summed E-state index contributed by atoms with van der Waals surface area (Å²) in [5.41, 5.74) is 3.25. The minimum absolute atomic E-state index is 0.391. The molecule has 1 aliphatic heterocycles. The number of hydrogen-bond donors (Lipinski definition) is 0. The van der Waals surface area contributed by atoms with Crippen molar-refractivity contribution in [1.29, 1.82) is 0 Å². The molecule has 6 heterocycles. The fraction of sp³-hybridized carbons (Fsp3) is 0.0417. The Morgan fingerprint density at radius 1 is 1.00 bits per heavy atom. The number of thiophene rings is 1. The smallest absolute Gasteiger partial charge is 0.344 e. The molecule has 5 aromatic heterocycles. The van der Waals surface area contributed by atoms with Crippen LogP contribution in [0.25, 0.3) is 28.1 Å². The number of aromatic nitrogens is 5. The second kappa shape index (κ2) is 6.81. The van der Waals surface area contributed by atoms with E-state index in [0.29, 0.717) is 45.5 Å². The van der Waals surface area contributed by atoms with Gasteiger partial charge in [-0.25, -0.2) is 19.3 Å². The molecule has 0 fully saturated rings. The number of para-hydroxylation sites is 1. The van der Waals surface area contributed by atoms with Crippen LogP contribution < -0.4 is 10.4 Å². The maximum Gasteiger partial charge on any atom is 0.344 e. The van der Waals surface area contributed by atoms with E-state index in [4.69, 9.17) is 14.1 Å². The summed E-state index contributed by atoms with van der Waals surface area (Å²) in [6.45, 7) is 0. The molecule has 1 atom stereocenters. The SMILES string of the molecule is O=c1oc2ccccc2c2c1C(c1ccsc1)c1c(ncn3nc(-c4ccccn4)nc13)O2. The topological polar surface area (TPSA) is 95.4 Å². The highest BCUT2D eigenvalue weighted by molar-refractivity contribution is 7.08. The minimum atomic E-state index is -0.465. The first-order valence-corrected chi connectivity index (χ1v) is 11.1. The van der Waals surface area contributed by atoms with Gasteiger partial charge in [0.1, 0.15) is 17.6 Å². The van der Waals surface area contributed by atoms with Crippen molar-refractivity contribution >= 4 is 28.0 Å². The van der Waals surface area contributed by atoms with Gasteiger partial charge in [0.2, 0.25) is 11.7 Å². The van der Waals surface area contributed by atoms with Gasteiger partial charge in [0.05, 0.1) is 22.4 Å². The number of fused-ring (bicyclic) bond motifs is 6. The molecule has 0 spiro atoms. The van der Waals surface area contributed by atoms with Crippen LogP contribution in [0.15, 0.2) is 81.0 Å². The van der Waals surface area contributed by atoms with Gasteiger partial charge in [-0.2, -0.15) is 11.3 Å². The molecule has 0 N–H and O–H groups in total. The first-order chi connectivity index (χ1) is 16.3. The summed E-state index contributed by atoms with van der Waals surface area (Å²) in [7, 11) is 0. The first-order valence-electron chi connectivity index (χ1n) is 10.2. The fourth-order valence-electron chi connectivity index (χ4n) is 4.31. The highest BCUT2D eigenvalue weighted by atomic mass is 32.1. The zero-order chi connectivity index (χ0) is 21.9. The standard InChI is InChI=1S/C24H13N5O3S/c30-24-18-17(13-8-10-33-11-13)19-22-27-21(15-6-3-4-9-25-15)28-29(22)12-26-23(19)32-20(18)14-5-1-2-7-16(14)31-24/h1-12,17H. The highest BCUT2D eigenvalue weighted by Crippen LogP contribution is 2.49. The molecule has 0 aliphatic carbocycles. The van der Waals surface area contributed by atoms with Crippen molar-refractivity contribution in [1.82, 2.24) is 24.6 Å². The molecule has 1 unspecified atom stereocenters. The van der Waals surface area contributed by atoms with Crippen LogP contribution in [0, 0.1) is 0 Å². The lowest BCUT2D eigenvalue weighted by Gasteiger charge is -2.26. The van der Waals surface area contributed by atoms with Crippen LogP contribution in [0.2, 0.25) is 0 Å². The van der Waals surface area contributed by atoms with Gasteiger partial charge in [0, 0.05) is 6.20 Å². The van der Waals surface area contributed by atoms with Gasteiger partial charge in [-0.3, -0.25) is 4.98 Å². The maximum absolute atomic E-state index is 13.2. The largest absolute Gasteiger partial charge is 0.437 e. The Morgan fingerprint density at radius 3 is 2.76 bits per heavy atom. The van der Waals surface area contributed by atoms with Crippen LogP contribution in [0.3, 0.4) is 0 Å². The number of rotatable bonds is 2. The molecule has 8 nitrogen and oxygen atoms in total. The number of nitrogens with zero attached hydrogens (tertiary/aromatic N) is 5. The summed E-state index contributed by atoms with van der Waals surface area (Å²) in [4.78, 5) is 26.9. The van der Waals surface area contributed by atoms with Crippen LogP contribution in [0.1, 0.15) is 22.6 Å².